The number of carbonyl (C=O) groups is 4. The van der Waals surface area contributed by atoms with Crippen LogP contribution < -0.4 is 10.2 Å². The van der Waals surface area contributed by atoms with Crippen LogP contribution in [-0.2, 0) is 15.8 Å². The van der Waals surface area contributed by atoms with Crippen molar-refractivity contribution in [1.82, 2.24) is 25.3 Å². The molecule has 2 fully saturated rings. The van der Waals surface area contributed by atoms with Gasteiger partial charge in [0, 0.05) is 31.2 Å². The molecule has 0 aliphatic carbocycles. The topological polar surface area (TPSA) is 119 Å². The molecule has 1 atom stereocenters. The highest BCUT2D eigenvalue weighted by Crippen LogP contribution is 2.41. The van der Waals surface area contributed by atoms with Crippen molar-refractivity contribution < 1.29 is 32.3 Å². The summed E-state index contributed by atoms with van der Waals surface area (Å²) in [7, 11) is 1.42. The van der Waals surface area contributed by atoms with Crippen LogP contribution >= 0.6 is 11.6 Å². The van der Waals surface area contributed by atoms with E-state index in [0.29, 0.717) is 11.8 Å². The highest BCUT2D eigenvalue weighted by Gasteiger charge is 2.58. The number of carbonyl (C=O) groups excluding carboxylic acids is 4. The van der Waals surface area contributed by atoms with Gasteiger partial charge in [0.05, 0.1) is 27.9 Å². The van der Waals surface area contributed by atoms with Gasteiger partial charge >= 0.3 is 12.2 Å². The maximum atomic E-state index is 13.6. The molecule has 0 radical (unpaired) electrons. The zero-order chi connectivity index (χ0) is 30.6. The Labute approximate surface area is 243 Å². The Kier molecular flexibility index (Phi) is 7.42. The number of fused-ring (bicyclic) bond motifs is 1. The third kappa shape index (κ3) is 4.95. The number of benzene rings is 2. The molecule has 1 spiro atoms. The summed E-state index contributed by atoms with van der Waals surface area (Å²) in [6.07, 6.45) is -2.77. The fraction of sp³-hybridized carbons (Fsp3) is 0.393. The first-order chi connectivity index (χ1) is 19.7. The van der Waals surface area contributed by atoms with E-state index in [1.165, 1.54) is 16.8 Å². The zero-order valence-corrected chi connectivity index (χ0v) is 23.7. The average Bonchev–Trinajstić information content (AvgIpc) is 3.48. The Hall–Kier alpha value is -4.13. The molecule has 1 aromatic heterocycles. The molecule has 3 heterocycles. The van der Waals surface area contributed by atoms with Gasteiger partial charge in [-0.3, -0.25) is 29.3 Å². The van der Waals surface area contributed by atoms with Gasteiger partial charge in [0.25, 0.3) is 11.8 Å². The van der Waals surface area contributed by atoms with E-state index < -0.39 is 52.6 Å². The van der Waals surface area contributed by atoms with E-state index in [1.54, 1.807) is 38.2 Å². The second-order valence-electron chi connectivity index (χ2n) is 10.9. The van der Waals surface area contributed by atoms with Crippen molar-refractivity contribution in [3.05, 3.63) is 58.7 Å². The van der Waals surface area contributed by atoms with E-state index in [0.717, 1.165) is 27.9 Å². The largest absolute Gasteiger partial charge is 0.416 e. The normalized spacial score (nSPS) is 18.0. The number of aromatic nitrogens is 2. The Morgan fingerprint density at radius 3 is 2.43 bits per heavy atom. The third-order valence-electron chi connectivity index (χ3n) is 7.95. The van der Waals surface area contributed by atoms with Crippen molar-refractivity contribution >= 4 is 51.9 Å². The third-order valence-corrected chi connectivity index (χ3v) is 8.28. The van der Waals surface area contributed by atoms with Crippen LogP contribution in [0.5, 0.6) is 0 Å². The van der Waals surface area contributed by atoms with E-state index in [1.807, 2.05) is 0 Å². The Bertz CT molecular complexity index is 1580. The summed E-state index contributed by atoms with van der Waals surface area (Å²) < 4.78 is 39.7. The second kappa shape index (κ2) is 10.6. The van der Waals surface area contributed by atoms with Gasteiger partial charge in [-0.15, -0.1) is 0 Å². The monoisotopic (exact) mass is 604 g/mol. The molecule has 222 valence electrons. The molecule has 0 bridgehead atoms. The summed E-state index contributed by atoms with van der Waals surface area (Å²) in [5.74, 6) is -2.15. The number of nitrogens with zero attached hydrogens (tertiary/aromatic N) is 4. The van der Waals surface area contributed by atoms with Crippen molar-refractivity contribution in [2.45, 2.75) is 44.4 Å². The summed E-state index contributed by atoms with van der Waals surface area (Å²) in [6.45, 7) is 3.62. The molecule has 5 amide bonds. The number of amides is 5. The quantitative estimate of drug-likeness (QED) is 0.417. The van der Waals surface area contributed by atoms with Crippen LogP contribution in [0, 0.1) is 5.92 Å². The molecule has 3 aromatic rings. The number of hydrogen-bond acceptors (Lipinski definition) is 5. The number of anilines is 1. The molecule has 10 nitrogen and oxygen atoms in total. The molecular weight excluding hydrogens is 577 g/mol. The van der Waals surface area contributed by atoms with Gasteiger partial charge in [0.15, 0.2) is 0 Å². The van der Waals surface area contributed by atoms with E-state index in [4.69, 9.17) is 11.6 Å². The number of likely N-dealkylation sites (tertiary alicyclic amines) is 1. The number of likely N-dealkylation sites (N-methyl/N-ethyl adjacent to an activating group) is 1. The summed E-state index contributed by atoms with van der Waals surface area (Å²) in [5, 5.41) is 9.99. The molecule has 2 N–H and O–H groups in total. The van der Waals surface area contributed by atoms with Gasteiger partial charge in [0.2, 0.25) is 5.91 Å². The molecule has 14 heteroatoms. The summed E-state index contributed by atoms with van der Waals surface area (Å²) >= 11 is 6.03. The zero-order valence-electron chi connectivity index (χ0n) is 23.0. The van der Waals surface area contributed by atoms with E-state index in [2.05, 4.69) is 15.5 Å². The molecular formula is C28H28ClF3N6O4. The average molecular weight is 605 g/mol. The van der Waals surface area contributed by atoms with Gasteiger partial charge in [-0.05, 0) is 55.2 Å². The van der Waals surface area contributed by atoms with Crippen molar-refractivity contribution in [1.29, 1.82) is 0 Å². The number of halogens is 4. The minimum absolute atomic E-state index is 0.111. The fourth-order valence-corrected chi connectivity index (χ4v) is 5.80. The van der Waals surface area contributed by atoms with Crippen LogP contribution in [0.4, 0.5) is 23.7 Å². The van der Waals surface area contributed by atoms with Crippen LogP contribution in [0.25, 0.3) is 10.9 Å². The van der Waals surface area contributed by atoms with Crippen LogP contribution in [0.15, 0.2) is 42.6 Å². The van der Waals surface area contributed by atoms with E-state index >= 15 is 0 Å². The molecule has 0 saturated carbocycles. The highest BCUT2D eigenvalue weighted by molar-refractivity contribution is 6.34. The number of nitrogens with one attached hydrogen (secondary N) is 2. The van der Waals surface area contributed by atoms with Gasteiger partial charge < -0.3 is 10.2 Å². The molecule has 2 aliphatic rings. The first-order valence-corrected chi connectivity index (χ1v) is 13.6. The lowest BCUT2D eigenvalue weighted by molar-refractivity contribution is -0.139. The van der Waals surface area contributed by atoms with Crippen LogP contribution in [0.1, 0.15) is 42.6 Å². The Balaban J connectivity index is 1.35. The second-order valence-corrected chi connectivity index (χ2v) is 11.3. The number of aromatic amines is 1. The van der Waals surface area contributed by atoms with E-state index in [9.17, 15) is 32.3 Å². The van der Waals surface area contributed by atoms with Crippen molar-refractivity contribution in [3.63, 3.8) is 0 Å². The maximum Gasteiger partial charge on any atom is 0.416 e. The lowest BCUT2D eigenvalue weighted by atomic mass is 9.85. The van der Waals surface area contributed by atoms with Crippen LogP contribution in [-0.4, -0.2) is 75.5 Å². The van der Waals surface area contributed by atoms with Crippen LogP contribution in [0.3, 0.4) is 0 Å². The number of rotatable bonds is 5. The van der Waals surface area contributed by atoms with Gasteiger partial charge in [-0.2, -0.15) is 18.3 Å². The lowest BCUT2D eigenvalue weighted by Crippen LogP contribution is -2.60. The van der Waals surface area contributed by atoms with Crippen LogP contribution in [0.2, 0.25) is 5.02 Å². The number of imide groups is 1. The number of piperidine rings is 1. The molecule has 2 saturated heterocycles. The SMILES string of the molecule is CC(C)C(NC(=O)c1cc(C(F)(F)F)ccc1Cl)C(=O)N1CCC2(CC1)C(=O)N(C)C(=O)N2c1ccc2[nH]ncc2c1. The van der Waals surface area contributed by atoms with Crippen molar-refractivity contribution in [2.24, 2.45) is 5.92 Å². The number of alkyl halides is 3. The minimum Gasteiger partial charge on any atom is -0.341 e. The standard InChI is InChI=1S/C28H28ClF3N6O4/c1-15(2)22(34-23(39)19-13-17(28(30,31)32)4-6-20(19)29)24(40)37-10-8-27(9-11-37)25(41)36(3)26(42)38(27)18-5-7-21-16(12-18)14-33-35-21/h4-7,12-15,22H,8-11H2,1-3H3,(H,33,35)(H,34,39). The van der Waals surface area contributed by atoms with E-state index in [-0.39, 0.29) is 36.9 Å². The molecule has 42 heavy (non-hydrogen) atoms. The molecule has 2 aliphatic heterocycles. The highest BCUT2D eigenvalue weighted by atomic mass is 35.5. The minimum atomic E-state index is -4.68. The van der Waals surface area contributed by atoms with Gasteiger partial charge in [-0.25, -0.2) is 4.79 Å². The number of hydrogen-bond donors (Lipinski definition) is 2. The first kappa shape index (κ1) is 29.4. The molecule has 1 unspecified atom stereocenters. The smallest absolute Gasteiger partial charge is 0.341 e. The van der Waals surface area contributed by atoms with Crippen molar-refractivity contribution in [3.8, 4) is 0 Å². The summed E-state index contributed by atoms with van der Waals surface area (Å²) in [6, 6.07) is 6.14. The van der Waals surface area contributed by atoms with Gasteiger partial charge in [0.1, 0.15) is 11.6 Å². The van der Waals surface area contributed by atoms with Crippen molar-refractivity contribution in [2.75, 3.05) is 25.0 Å². The van der Waals surface area contributed by atoms with Gasteiger partial charge in [-0.1, -0.05) is 25.4 Å². The lowest BCUT2D eigenvalue weighted by Gasteiger charge is -2.43. The molecule has 5 rings (SSSR count). The summed E-state index contributed by atoms with van der Waals surface area (Å²) in [4.78, 5) is 57.3. The summed E-state index contributed by atoms with van der Waals surface area (Å²) in [5.41, 5.74) is -1.35. The number of H-pyrrole nitrogens is 1. The Morgan fingerprint density at radius 1 is 1.10 bits per heavy atom. The molecule has 2 aromatic carbocycles. The predicted octanol–water partition coefficient (Wildman–Crippen LogP) is 4.45. The Morgan fingerprint density at radius 2 is 1.79 bits per heavy atom. The number of urea groups is 1. The first-order valence-electron chi connectivity index (χ1n) is 13.3. The maximum absolute atomic E-state index is 13.6. The predicted molar refractivity (Wildman–Crippen MR) is 148 cm³/mol. The fourth-order valence-electron chi connectivity index (χ4n) is 5.59.